The summed E-state index contributed by atoms with van der Waals surface area (Å²) in [4.78, 5) is 11.6. The first-order valence-electron chi connectivity index (χ1n) is 6.45. The Morgan fingerprint density at radius 3 is 2.89 bits per heavy atom. The Hall–Kier alpha value is -0.750. The van der Waals surface area contributed by atoms with Gasteiger partial charge in [0, 0.05) is 6.42 Å². The summed E-state index contributed by atoms with van der Waals surface area (Å²) in [6.07, 6.45) is 0.593. The minimum absolute atomic E-state index is 0.315. The van der Waals surface area contributed by atoms with Crippen molar-refractivity contribution in [2.24, 2.45) is 5.73 Å². The number of rotatable bonds is 7. The van der Waals surface area contributed by atoms with Gasteiger partial charge in [0.05, 0.1) is 6.10 Å². The molecule has 0 aromatic rings. The van der Waals surface area contributed by atoms with Gasteiger partial charge in [0.2, 0.25) is 5.91 Å². The van der Waals surface area contributed by atoms with Crippen LogP contribution in [-0.2, 0) is 9.53 Å². The number of halogens is 2. The van der Waals surface area contributed by atoms with Gasteiger partial charge in [-0.3, -0.25) is 4.79 Å². The highest BCUT2D eigenvalue weighted by Crippen LogP contribution is 2.30. The third-order valence-corrected chi connectivity index (χ3v) is 3.35. The van der Waals surface area contributed by atoms with Crippen LogP contribution in [0.1, 0.15) is 39.0 Å². The minimum Gasteiger partial charge on any atom is -0.372 e. The summed E-state index contributed by atoms with van der Waals surface area (Å²) < 4.78 is 29.4. The summed E-state index contributed by atoms with van der Waals surface area (Å²) in [5.41, 5.74) is 4.67. The van der Waals surface area contributed by atoms with Gasteiger partial charge in [-0.25, -0.2) is 8.78 Å². The van der Waals surface area contributed by atoms with E-state index in [1.807, 2.05) is 6.92 Å². The molecule has 1 amide bonds. The summed E-state index contributed by atoms with van der Waals surface area (Å²) in [7, 11) is 0. The maximum Gasteiger partial charge on any atom is 0.261 e. The molecule has 2 unspecified atom stereocenters. The first kappa shape index (κ1) is 15.3. The molecule has 1 fully saturated rings. The Morgan fingerprint density at radius 2 is 2.33 bits per heavy atom. The van der Waals surface area contributed by atoms with Crippen LogP contribution in [0.25, 0.3) is 0 Å². The topological polar surface area (TPSA) is 64.3 Å². The van der Waals surface area contributed by atoms with Crippen molar-refractivity contribution in [1.82, 2.24) is 5.32 Å². The van der Waals surface area contributed by atoms with Crippen LogP contribution in [0.2, 0.25) is 0 Å². The van der Waals surface area contributed by atoms with Gasteiger partial charge >= 0.3 is 0 Å². The van der Waals surface area contributed by atoms with Crippen LogP contribution in [0.4, 0.5) is 8.78 Å². The first-order valence-corrected chi connectivity index (χ1v) is 6.45. The monoisotopic (exact) mass is 264 g/mol. The fraction of sp³-hybridized carbons (Fsp3) is 0.917. The Labute approximate surface area is 106 Å². The molecule has 1 aliphatic carbocycles. The van der Waals surface area contributed by atoms with Gasteiger partial charge in [-0.15, -0.1) is 0 Å². The van der Waals surface area contributed by atoms with E-state index in [2.05, 4.69) is 5.32 Å². The normalized spacial score (nSPS) is 28.6. The fourth-order valence-corrected chi connectivity index (χ4v) is 2.41. The molecule has 3 N–H and O–H groups in total. The van der Waals surface area contributed by atoms with E-state index in [1.54, 1.807) is 0 Å². The van der Waals surface area contributed by atoms with Crippen molar-refractivity contribution >= 4 is 5.91 Å². The van der Waals surface area contributed by atoms with E-state index in [1.165, 1.54) is 0 Å². The predicted molar refractivity (Wildman–Crippen MR) is 64.4 cm³/mol. The van der Waals surface area contributed by atoms with Crippen LogP contribution in [0, 0.1) is 0 Å². The van der Waals surface area contributed by atoms with E-state index in [-0.39, 0.29) is 6.10 Å². The van der Waals surface area contributed by atoms with E-state index in [4.69, 9.17) is 10.5 Å². The van der Waals surface area contributed by atoms with Crippen LogP contribution < -0.4 is 11.1 Å². The van der Waals surface area contributed by atoms with Gasteiger partial charge in [-0.2, -0.15) is 0 Å². The van der Waals surface area contributed by atoms with E-state index in [0.717, 1.165) is 12.8 Å². The second-order valence-corrected chi connectivity index (χ2v) is 4.82. The highest BCUT2D eigenvalue weighted by Gasteiger charge is 2.41. The quantitative estimate of drug-likeness (QED) is 0.731. The molecule has 0 saturated heterocycles. The van der Waals surface area contributed by atoms with E-state index < -0.39 is 24.5 Å². The van der Waals surface area contributed by atoms with Crippen molar-refractivity contribution in [3.63, 3.8) is 0 Å². The van der Waals surface area contributed by atoms with Gasteiger partial charge in [0.1, 0.15) is 12.1 Å². The third kappa shape index (κ3) is 4.17. The largest absolute Gasteiger partial charge is 0.372 e. The zero-order valence-electron chi connectivity index (χ0n) is 10.8. The number of carbonyl (C=O) groups excluding carboxylic acids is 1. The number of hydrogen-bond acceptors (Lipinski definition) is 3. The second-order valence-electron chi connectivity index (χ2n) is 4.82. The van der Waals surface area contributed by atoms with Crippen molar-refractivity contribution < 1.29 is 18.3 Å². The van der Waals surface area contributed by atoms with Crippen molar-refractivity contribution in [2.45, 2.75) is 57.1 Å². The maximum absolute atomic E-state index is 12.1. The molecule has 106 valence electrons. The molecule has 0 aliphatic heterocycles. The van der Waals surface area contributed by atoms with Crippen molar-refractivity contribution in [2.75, 3.05) is 13.2 Å². The molecule has 1 saturated carbocycles. The molecule has 1 aliphatic rings. The summed E-state index contributed by atoms with van der Waals surface area (Å²) in [5.74, 6) is -0.415. The number of hydrogen-bond donors (Lipinski definition) is 2. The molecule has 0 aromatic carbocycles. The molecule has 2 atom stereocenters. The lowest BCUT2D eigenvalue weighted by Crippen LogP contribution is -2.59. The molecule has 18 heavy (non-hydrogen) atoms. The van der Waals surface area contributed by atoms with Gasteiger partial charge in [0.25, 0.3) is 6.43 Å². The van der Waals surface area contributed by atoms with Crippen LogP contribution in [0.15, 0.2) is 0 Å². The molecule has 0 spiro atoms. The van der Waals surface area contributed by atoms with Crippen LogP contribution >= 0.6 is 0 Å². The molecule has 0 aromatic heterocycles. The molecule has 1 rings (SSSR count). The van der Waals surface area contributed by atoms with Crippen molar-refractivity contribution in [3.05, 3.63) is 0 Å². The molecule has 6 heteroatoms. The highest BCUT2D eigenvalue weighted by molar-refractivity contribution is 5.84. The maximum atomic E-state index is 12.1. The molecular weight excluding hydrogens is 242 g/mol. The summed E-state index contributed by atoms with van der Waals surface area (Å²) >= 11 is 0. The second kappa shape index (κ2) is 6.99. The standard InChI is InChI=1S/C12H22F2N2O2/c1-2-6-16-12(11(15)17)5-3-4-9(7-12)18-8-10(13)14/h9-10,16H,2-8H2,1H3,(H2,15,17). The summed E-state index contributed by atoms with van der Waals surface area (Å²) in [6, 6.07) is 0. The summed E-state index contributed by atoms with van der Waals surface area (Å²) in [5, 5.41) is 3.16. The number of nitrogens with one attached hydrogen (secondary N) is 1. The Kier molecular flexibility index (Phi) is 5.95. The minimum atomic E-state index is -2.47. The molecular formula is C12H22F2N2O2. The number of ether oxygens (including phenoxy) is 1. The number of amides is 1. The zero-order valence-corrected chi connectivity index (χ0v) is 10.8. The number of primary amides is 1. The number of alkyl halides is 2. The van der Waals surface area contributed by atoms with Gasteiger partial charge < -0.3 is 15.8 Å². The SMILES string of the molecule is CCCNC1(C(N)=O)CCCC(OCC(F)F)C1. The lowest BCUT2D eigenvalue weighted by molar-refractivity contribution is -0.129. The van der Waals surface area contributed by atoms with Crippen molar-refractivity contribution in [1.29, 1.82) is 0 Å². The zero-order chi connectivity index (χ0) is 13.6. The van der Waals surface area contributed by atoms with Crippen LogP contribution in [-0.4, -0.2) is 37.1 Å². The summed E-state index contributed by atoms with van der Waals surface area (Å²) in [6.45, 7) is 2.10. The molecule has 4 nitrogen and oxygen atoms in total. The van der Waals surface area contributed by atoms with E-state index >= 15 is 0 Å². The fourth-order valence-electron chi connectivity index (χ4n) is 2.41. The molecule has 0 radical (unpaired) electrons. The van der Waals surface area contributed by atoms with Crippen molar-refractivity contribution in [3.8, 4) is 0 Å². The third-order valence-electron chi connectivity index (χ3n) is 3.35. The van der Waals surface area contributed by atoms with Gasteiger partial charge in [0.15, 0.2) is 0 Å². The van der Waals surface area contributed by atoms with Gasteiger partial charge in [-0.05, 0) is 32.2 Å². The highest BCUT2D eigenvalue weighted by atomic mass is 19.3. The number of carbonyl (C=O) groups is 1. The average molecular weight is 264 g/mol. The molecule has 0 bridgehead atoms. The Balaban J connectivity index is 2.58. The van der Waals surface area contributed by atoms with Gasteiger partial charge in [-0.1, -0.05) is 6.92 Å². The Bertz CT molecular complexity index is 277. The Morgan fingerprint density at radius 1 is 1.61 bits per heavy atom. The van der Waals surface area contributed by atoms with E-state index in [9.17, 15) is 13.6 Å². The first-order chi connectivity index (χ1) is 8.50. The molecule has 0 heterocycles. The lowest BCUT2D eigenvalue weighted by atomic mass is 9.79. The predicted octanol–water partition coefficient (Wildman–Crippen LogP) is 1.43. The van der Waals surface area contributed by atoms with Crippen LogP contribution in [0.5, 0.6) is 0 Å². The van der Waals surface area contributed by atoms with Crippen LogP contribution in [0.3, 0.4) is 0 Å². The lowest BCUT2D eigenvalue weighted by Gasteiger charge is -2.39. The number of nitrogens with two attached hydrogens (primary N) is 1. The van der Waals surface area contributed by atoms with E-state index in [0.29, 0.717) is 25.8 Å². The average Bonchev–Trinajstić information content (AvgIpc) is 2.34. The smallest absolute Gasteiger partial charge is 0.261 e.